The quantitative estimate of drug-likeness (QED) is 0.571. The molecule has 0 bridgehead atoms. The van der Waals surface area contributed by atoms with Gasteiger partial charge in [-0.25, -0.2) is 9.59 Å². The maximum atomic E-state index is 12.2. The highest BCUT2D eigenvalue weighted by Crippen LogP contribution is 2.35. The topological polar surface area (TPSA) is 151 Å². The lowest BCUT2D eigenvalue weighted by molar-refractivity contribution is -0.120. The second-order valence-corrected chi connectivity index (χ2v) is 5.87. The predicted octanol–water partition coefficient (Wildman–Crippen LogP) is 0.875. The molecule has 0 unspecified atom stereocenters. The number of primary amides is 2. The molecule has 0 saturated heterocycles. The van der Waals surface area contributed by atoms with Crippen LogP contribution in [-0.2, 0) is 9.53 Å². The number of carbonyl (C=O) groups is 3. The van der Waals surface area contributed by atoms with Crippen molar-refractivity contribution < 1.29 is 19.1 Å². The summed E-state index contributed by atoms with van der Waals surface area (Å²) in [6, 6.07) is 8.98. The molecule has 0 fully saturated rings. The molecular formula is C15H16N4O4S. The monoisotopic (exact) mass is 348 g/mol. The van der Waals surface area contributed by atoms with Crippen LogP contribution in [-0.4, -0.2) is 30.6 Å². The molecule has 0 aliphatic carbocycles. The van der Waals surface area contributed by atoms with E-state index < -0.39 is 23.9 Å². The number of hydrogen-bond acceptors (Lipinski definition) is 6. The molecule has 1 aromatic heterocycles. The summed E-state index contributed by atoms with van der Waals surface area (Å²) >= 11 is 1.12. The SMILES string of the molecule is NC(=O)Nc1cc(-c2ccccc2)sc1C(=O)OC[C@H](N)C(N)=O. The number of thiophene rings is 1. The van der Waals surface area contributed by atoms with Crippen LogP contribution in [0, 0.1) is 0 Å². The lowest BCUT2D eigenvalue weighted by Crippen LogP contribution is -2.40. The van der Waals surface area contributed by atoms with E-state index in [9.17, 15) is 14.4 Å². The number of ether oxygens (including phenoxy) is 1. The molecule has 1 aromatic carbocycles. The number of nitrogens with one attached hydrogen (secondary N) is 1. The molecule has 0 spiro atoms. The second-order valence-electron chi connectivity index (χ2n) is 4.82. The van der Waals surface area contributed by atoms with Gasteiger partial charge in [0, 0.05) is 4.88 Å². The standard InChI is InChI=1S/C15H16N4O4S/c16-9(13(17)20)7-23-14(21)12-10(19-15(18)22)6-11(24-12)8-4-2-1-3-5-8/h1-6,9H,7,16H2,(H2,17,20)(H3,18,19,22)/t9-/m0/s1. The van der Waals surface area contributed by atoms with Crippen molar-refractivity contribution >= 4 is 34.9 Å². The molecule has 24 heavy (non-hydrogen) atoms. The zero-order valence-electron chi connectivity index (χ0n) is 12.5. The van der Waals surface area contributed by atoms with Gasteiger partial charge in [0.15, 0.2) is 0 Å². The number of esters is 1. The zero-order chi connectivity index (χ0) is 17.7. The molecule has 0 aliphatic rings. The third kappa shape index (κ3) is 4.31. The van der Waals surface area contributed by atoms with Crippen LogP contribution in [0.5, 0.6) is 0 Å². The minimum absolute atomic E-state index is 0.143. The molecule has 8 nitrogen and oxygen atoms in total. The van der Waals surface area contributed by atoms with Gasteiger partial charge in [0.05, 0.1) is 5.69 Å². The molecule has 126 valence electrons. The summed E-state index contributed by atoms with van der Waals surface area (Å²) in [5, 5.41) is 2.38. The molecule has 1 atom stereocenters. The highest BCUT2D eigenvalue weighted by Gasteiger charge is 2.21. The lowest BCUT2D eigenvalue weighted by atomic mass is 10.2. The van der Waals surface area contributed by atoms with Crippen molar-refractivity contribution in [2.45, 2.75) is 6.04 Å². The van der Waals surface area contributed by atoms with Crippen molar-refractivity contribution in [3.63, 3.8) is 0 Å². The van der Waals surface area contributed by atoms with E-state index in [-0.39, 0.29) is 17.2 Å². The zero-order valence-corrected chi connectivity index (χ0v) is 13.3. The fourth-order valence-electron chi connectivity index (χ4n) is 1.83. The molecular weight excluding hydrogens is 332 g/mol. The number of amides is 3. The van der Waals surface area contributed by atoms with Gasteiger partial charge in [-0.15, -0.1) is 11.3 Å². The minimum Gasteiger partial charge on any atom is -0.459 e. The van der Waals surface area contributed by atoms with E-state index in [1.54, 1.807) is 6.07 Å². The molecule has 0 aliphatic heterocycles. The summed E-state index contributed by atoms with van der Waals surface area (Å²) in [5.74, 6) is -1.52. The van der Waals surface area contributed by atoms with E-state index in [2.05, 4.69) is 5.32 Å². The first-order valence-electron chi connectivity index (χ1n) is 6.86. The Bertz CT molecular complexity index is 760. The molecule has 2 aromatic rings. The van der Waals surface area contributed by atoms with Crippen molar-refractivity contribution in [3.05, 3.63) is 41.3 Å². The highest BCUT2D eigenvalue weighted by molar-refractivity contribution is 7.18. The van der Waals surface area contributed by atoms with Crippen molar-refractivity contribution in [2.75, 3.05) is 11.9 Å². The van der Waals surface area contributed by atoms with Crippen molar-refractivity contribution in [3.8, 4) is 10.4 Å². The van der Waals surface area contributed by atoms with Crippen molar-refractivity contribution in [1.82, 2.24) is 0 Å². The Kier molecular flexibility index (Phi) is 5.51. The Morgan fingerprint density at radius 2 is 1.83 bits per heavy atom. The van der Waals surface area contributed by atoms with Crippen LogP contribution in [0.4, 0.5) is 10.5 Å². The van der Waals surface area contributed by atoms with Crippen LogP contribution in [0.15, 0.2) is 36.4 Å². The number of anilines is 1. The van der Waals surface area contributed by atoms with E-state index >= 15 is 0 Å². The summed E-state index contributed by atoms with van der Waals surface area (Å²) in [6.45, 7) is -0.358. The van der Waals surface area contributed by atoms with Crippen LogP contribution >= 0.6 is 11.3 Å². The van der Waals surface area contributed by atoms with Gasteiger partial charge < -0.3 is 27.3 Å². The number of benzene rings is 1. The predicted molar refractivity (Wildman–Crippen MR) is 90.4 cm³/mol. The Labute approximate surface area is 141 Å². The highest BCUT2D eigenvalue weighted by atomic mass is 32.1. The second kappa shape index (κ2) is 7.57. The number of hydrogen-bond donors (Lipinski definition) is 4. The Balaban J connectivity index is 2.26. The van der Waals surface area contributed by atoms with Gasteiger partial charge in [0.2, 0.25) is 5.91 Å². The number of urea groups is 1. The normalized spacial score (nSPS) is 11.5. The third-order valence-corrected chi connectivity index (χ3v) is 4.16. The van der Waals surface area contributed by atoms with Gasteiger partial charge >= 0.3 is 12.0 Å². The van der Waals surface area contributed by atoms with E-state index in [4.69, 9.17) is 21.9 Å². The summed E-state index contributed by atoms with van der Waals surface area (Å²) in [4.78, 5) is 35.1. The van der Waals surface area contributed by atoms with E-state index in [1.807, 2.05) is 30.3 Å². The van der Waals surface area contributed by atoms with Gasteiger partial charge in [0.1, 0.15) is 17.5 Å². The Morgan fingerprint density at radius 1 is 1.17 bits per heavy atom. The van der Waals surface area contributed by atoms with Crippen LogP contribution in [0.3, 0.4) is 0 Å². The average molecular weight is 348 g/mol. The summed E-state index contributed by atoms with van der Waals surface area (Å²) < 4.78 is 4.98. The van der Waals surface area contributed by atoms with Gasteiger partial charge in [-0.3, -0.25) is 4.79 Å². The third-order valence-electron chi connectivity index (χ3n) is 2.99. The van der Waals surface area contributed by atoms with Gasteiger partial charge in [0.25, 0.3) is 0 Å². The van der Waals surface area contributed by atoms with Crippen LogP contribution in [0.2, 0.25) is 0 Å². The van der Waals surface area contributed by atoms with E-state index in [0.717, 1.165) is 21.8 Å². The molecule has 0 saturated carbocycles. The summed E-state index contributed by atoms with van der Waals surface area (Å²) in [6.07, 6.45) is 0. The molecule has 0 radical (unpaired) electrons. The van der Waals surface area contributed by atoms with E-state index in [1.165, 1.54) is 0 Å². The Hall–Kier alpha value is -2.91. The summed E-state index contributed by atoms with van der Waals surface area (Å²) in [5.41, 5.74) is 16.6. The molecule has 9 heteroatoms. The molecule has 2 rings (SSSR count). The number of rotatable bonds is 6. The largest absolute Gasteiger partial charge is 0.459 e. The number of carbonyl (C=O) groups excluding carboxylic acids is 3. The van der Waals surface area contributed by atoms with Gasteiger partial charge in [-0.2, -0.15) is 0 Å². The maximum absolute atomic E-state index is 12.2. The maximum Gasteiger partial charge on any atom is 0.350 e. The molecule has 3 amide bonds. The Morgan fingerprint density at radius 3 is 2.42 bits per heavy atom. The first-order chi connectivity index (χ1) is 11.4. The smallest absolute Gasteiger partial charge is 0.350 e. The van der Waals surface area contributed by atoms with Crippen LogP contribution in [0.1, 0.15) is 9.67 Å². The van der Waals surface area contributed by atoms with Crippen LogP contribution in [0.25, 0.3) is 10.4 Å². The fraction of sp³-hybridized carbons (Fsp3) is 0.133. The lowest BCUT2D eigenvalue weighted by Gasteiger charge is -2.08. The number of nitrogens with two attached hydrogens (primary N) is 3. The first-order valence-corrected chi connectivity index (χ1v) is 7.68. The minimum atomic E-state index is -1.10. The molecule has 1 heterocycles. The van der Waals surface area contributed by atoms with E-state index in [0.29, 0.717) is 0 Å². The fourth-order valence-corrected chi connectivity index (χ4v) is 2.84. The average Bonchev–Trinajstić information content (AvgIpc) is 2.96. The van der Waals surface area contributed by atoms with Gasteiger partial charge in [-0.1, -0.05) is 30.3 Å². The summed E-state index contributed by atoms with van der Waals surface area (Å²) in [7, 11) is 0. The first kappa shape index (κ1) is 17.4. The van der Waals surface area contributed by atoms with Crippen molar-refractivity contribution in [1.29, 1.82) is 0 Å². The molecule has 7 N–H and O–H groups in total. The van der Waals surface area contributed by atoms with Crippen LogP contribution < -0.4 is 22.5 Å². The van der Waals surface area contributed by atoms with Gasteiger partial charge in [-0.05, 0) is 11.6 Å². The van der Waals surface area contributed by atoms with Crippen molar-refractivity contribution in [2.24, 2.45) is 17.2 Å².